The molecule has 4 heteroatoms. The Balaban J connectivity index is 3.20. The zero-order valence-corrected chi connectivity index (χ0v) is 7.77. The van der Waals surface area contributed by atoms with Crippen LogP contribution in [0.1, 0.15) is 12.5 Å². The first-order valence-corrected chi connectivity index (χ1v) is 4.21. The van der Waals surface area contributed by atoms with Crippen LogP contribution in [0.15, 0.2) is 30.3 Å². The molecular weight excluding hydrogens is 185 g/mol. The van der Waals surface area contributed by atoms with Gasteiger partial charge in [-0.05, 0) is 12.5 Å². The monoisotopic (exact) mass is 197 g/mol. The minimum atomic E-state index is -2.23. The second-order valence-electron chi connectivity index (χ2n) is 3.11. The standard InChI is InChI=1S/C10H12FNO2/c1-7(11)10(14,9(12)13)8-5-3-2-4-6-8/h2-7,14H,1H3,(H2,12,13). The van der Waals surface area contributed by atoms with Gasteiger partial charge in [0.1, 0.15) is 6.17 Å². The predicted molar refractivity (Wildman–Crippen MR) is 50.1 cm³/mol. The van der Waals surface area contributed by atoms with Crippen molar-refractivity contribution in [3.8, 4) is 0 Å². The number of benzene rings is 1. The van der Waals surface area contributed by atoms with Crippen molar-refractivity contribution < 1.29 is 14.3 Å². The number of rotatable bonds is 3. The van der Waals surface area contributed by atoms with Gasteiger partial charge < -0.3 is 10.8 Å². The Morgan fingerprint density at radius 2 is 2.00 bits per heavy atom. The molecule has 0 aliphatic rings. The predicted octanol–water partition coefficient (Wildman–Crippen LogP) is 0.717. The Labute approximate surface area is 81.4 Å². The first-order valence-electron chi connectivity index (χ1n) is 4.21. The van der Waals surface area contributed by atoms with Gasteiger partial charge in [0.05, 0.1) is 0 Å². The van der Waals surface area contributed by atoms with E-state index in [1.54, 1.807) is 18.2 Å². The normalized spacial score (nSPS) is 17.1. The molecule has 0 bridgehead atoms. The van der Waals surface area contributed by atoms with E-state index in [9.17, 15) is 14.3 Å². The van der Waals surface area contributed by atoms with Crippen molar-refractivity contribution in [2.75, 3.05) is 0 Å². The summed E-state index contributed by atoms with van der Waals surface area (Å²) >= 11 is 0. The van der Waals surface area contributed by atoms with Crippen LogP contribution in [0.2, 0.25) is 0 Å². The number of halogens is 1. The SMILES string of the molecule is CC(F)C(O)(C(N)=O)c1ccccc1. The Kier molecular flexibility index (Phi) is 2.86. The molecule has 0 aliphatic carbocycles. The quantitative estimate of drug-likeness (QED) is 0.749. The van der Waals surface area contributed by atoms with E-state index in [4.69, 9.17) is 5.73 Å². The summed E-state index contributed by atoms with van der Waals surface area (Å²) < 4.78 is 13.1. The van der Waals surface area contributed by atoms with E-state index >= 15 is 0 Å². The van der Waals surface area contributed by atoms with Gasteiger partial charge in [-0.1, -0.05) is 30.3 Å². The van der Waals surface area contributed by atoms with Gasteiger partial charge in [-0.2, -0.15) is 0 Å². The van der Waals surface area contributed by atoms with Crippen molar-refractivity contribution in [1.29, 1.82) is 0 Å². The van der Waals surface area contributed by atoms with Crippen LogP contribution in [0.4, 0.5) is 4.39 Å². The van der Waals surface area contributed by atoms with Crippen LogP contribution >= 0.6 is 0 Å². The molecule has 14 heavy (non-hydrogen) atoms. The topological polar surface area (TPSA) is 63.3 Å². The van der Waals surface area contributed by atoms with E-state index in [-0.39, 0.29) is 5.56 Å². The molecule has 0 saturated carbocycles. The lowest BCUT2D eigenvalue weighted by Gasteiger charge is -2.26. The molecule has 1 aromatic rings. The van der Waals surface area contributed by atoms with E-state index in [2.05, 4.69) is 0 Å². The van der Waals surface area contributed by atoms with Gasteiger partial charge >= 0.3 is 0 Å². The maximum Gasteiger partial charge on any atom is 0.257 e. The molecule has 0 radical (unpaired) electrons. The third-order valence-corrected chi connectivity index (χ3v) is 2.17. The summed E-state index contributed by atoms with van der Waals surface area (Å²) in [4.78, 5) is 11.0. The minimum absolute atomic E-state index is 0.169. The van der Waals surface area contributed by atoms with Crippen molar-refractivity contribution in [3.63, 3.8) is 0 Å². The number of hydrogen-bond acceptors (Lipinski definition) is 2. The summed E-state index contributed by atoms with van der Waals surface area (Å²) in [5, 5.41) is 9.79. The number of carbonyl (C=O) groups excluding carboxylic acids is 1. The number of alkyl halides is 1. The second-order valence-corrected chi connectivity index (χ2v) is 3.11. The molecule has 0 spiro atoms. The zero-order chi connectivity index (χ0) is 10.8. The summed E-state index contributed by atoms with van der Waals surface area (Å²) in [5.74, 6) is -1.08. The average molecular weight is 197 g/mol. The maximum absolute atomic E-state index is 13.1. The Morgan fingerprint density at radius 3 is 2.36 bits per heavy atom. The van der Waals surface area contributed by atoms with Crippen LogP contribution in [-0.2, 0) is 10.4 Å². The van der Waals surface area contributed by atoms with Crippen LogP contribution in [0.5, 0.6) is 0 Å². The van der Waals surface area contributed by atoms with Crippen molar-refractivity contribution in [1.82, 2.24) is 0 Å². The molecule has 0 aliphatic heterocycles. The molecule has 1 aromatic carbocycles. The molecule has 1 amide bonds. The molecule has 0 heterocycles. The number of amides is 1. The lowest BCUT2D eigenvalue weighted by atomic mass is 9.89. The number of nitrogens with two attached hydrogens (primary N) is 1. The van der Waals surface area contributed by atoms with E-state index in [1.165, 1.54) is 12.1 Å². The largest absolute Gasteiger partial charge is 0.373 e. The zero-order valence-electron chi connectivity index (χ0n) is 7.77. The minimum Gasteiger partial charge on any atom is -0.373 e. The fourth-order valence-corrected chi connectivity index (χ4v) is 1.26. The van der Waals surface area contributed by atoms with Crippen molar-refractivity contribution in [3.05, 3.63) is 35.9 Å². The summed E-state index contributed by atoms with van der Waals surface area (Å²) in [7, 11) is 0. The fourth-order valence-electron chi connectivity index (χ4n) is 1.26. The van der Waals surface area contributed by atoms with E-state index < -0.39 is 17.7 Å². The Hall–Kier alpha value is -1.42. The highest BCUT2D eigenvalue weighted by atomic mass is 19.1. The summed E-state index contributed by atoms with van der Waals surface area (Å²) in [6.07, 6.45) is -1.75. The smallest absolute Gasteiger partial charge is 0.257 e. The van der Waals surface area contributed by atoms with E-state index in [1.807, 2.05) is 0 Å². The molecule has 0 fully saturated rings. The van der Waals surface area contributed by atoms with E-state index in [0.29, 0.717) is 0 Å². The van der Waals surface area contributed by atoms with Gasteiger partial charge in [0, 0.05) is 0 Å². The number of carbonyl (C=O) groups is 1. The molecule has 3 nitrogen and oxygen atoms in total. The molecular formula is C10H12FNO2. The van der Waals surface area contributed by atoms with Gasteiger partial charge in [0.25, 0.3) is 5.91 Å². The van der Waals surface area contributed by atoms with E-state index in [0.717, 1.165) is 6.92 Å². The van der Waals surface area contributed by atoms with Gasteiger partial charge in [-0.25, -0.2) is 4.39 Å². The number of aliphatic hydroxyl groups is 1. The molecule has 3 N–H and O–H groups in total. The fraction of sp³-hybridized carbons (Fsp3) is 0.300. The van der Waals surface area contributed by atoms with Crippen molar-refractivity contribution >= 4 is 5.91 Å². The number of hydrogen-bond donors (Lipinski definition) is 2. The second kappa shape index (κ2) is 3.75. The Morgan fingerprint density at radius 1 is 1.50 bits per heavy atom. The van der Waals surface area contributed by atoms with Gasteiger partial charge in [0.2, 0.25) is 0 Å². The molecule has 1 rings (SSSR count). The van der Waals surface area contributed by atoms with Gasteiger partial charge in [-0.15, -0.1) is 0 Å². The molecule has 2 atom stereocenters. The van der Waals surface area contributed by atoms with Crippen molar-refractivity contribution in [2.45, 2.75) is 18.7 Å². The van der Waals surface area contributed by atoms with Crippen LogP contribution in [0.25, 0.3) is 0 Å². The highest BCUT2D eigenvalue weighted by Gasteiger charge is 2.42. The highest BCUT2D eigenvalue weighted by molar-refractivity contribution is 5.85. The summed E-state index contributed by atoms with van der Waals surface area (Å²) in [5.41, 5.74) is 2.91. The third-order valence-electron chi connectivity index (χ3n) is 2.17. The highest BCUT2D eigenvalue weighted by Crippen LogP contribution is 2.26. The first kappa shape index (κ1) is 10.7. The summed E-state index contributed by atoms with van der Waals surface area (Å²) in [6, 6.07) is 7.83. The molecule has 2 unspecified atom stereocenters. The molecule has 0 saturated heterocycles. The average Bonchev–Trinajstić information content (AvgIpc) is 2.17. The lowest BCUT2D eigenvalue weighted by molar-refractivity contribution is -0.144. The van der Waals surface area contributed by atoms with Crippen LogP contribution in [0.3, 0.4) is 0 Å². The van der Waals surface area contributed by atoms with Crippen molar-refractivity contribution in [2.24, 2.45) is 5.73 Å². The molecule has 0 aromatic heterocycles. The van der Waals surface area contributed by atoms with Crippen LogP contribution < -0.4 is 5.73 Å². The maximum atomic E-state index is 13.1. The number of primary amides is 1. The first-order chi connectivity index (χ1) is 6.49. The van der Waals surface area contributed by atoms with Crippen LogP contribution in [0, 0.1) is 0 Å². The molecule has 76 valence electrons. The van der Waals surface area contributed by atoms with Crippen LogP contribution in [-0.4, -0.2) is 17.2 Å². The van der Waals surface area contributed by atoms with Gasteiger partial charge in [0.15, 0.2) is 5.60 Å². The lowest BCUT2D eigenvalue weighted by Crippen LogP contribution is -2.47. The third kappa shape index (κ3) is 1.61. The van der Waals surface area contributed by atoms with Gasteiger partial charge in [-0.3, -0.25) is 4.79 Å². The Bertz CT molecular complexity index is 326. The summed E-state index contributed by atoms with van der Waals surface area (Å²) in [6.45, 7) is 1.10.